The summed E-state index contributed by atoms with van der Waals surface area (Å²) in [4.78, 5) is 25.4. The van der Waals surface area contributed by atoms with E-state index in [2.05, 4.69) is 0 Å². The van der Waals surface area contributed by atoms with Gasteiger partial charge in [-0.15, -0.1) is 0 Å². The van der Waals surface area contributed by atoms with E-state index >= 15 is 0 Å². The Kier molecular flexibility index (Phi) is 16.3. The monoisotopic (exact) mass is 566 g/mol. The van der Waals surface area contributed by atoms with Gasteiger partial charge in [0.05, 0.1) is 86.9 Å². The summed E-state index contributed by atoms with van der Waals surface area (Å²) in [5, 5.41) is 18.3. The maximum Gasteiger partial charge on any atom is 0.233 e. The van der Waals surface area contributed by atoms with Crippen LogP contribution in [0.2, 0.25) is 0 Å². The van der Waals surface area contributed by atoms with Gasteiger partial charge in [-0.25, -0.2) is 0 Å². The third kappa shape index (κ3) is 11.9. The van der Waals surface area contributed by atoms with E-state index in [1.807, 2.05) is 0 Å². The summed E-state index contributed by atoms with van der Waals surface area (Å²) in [7, 11) is 2.79. The molecule has 222 valence electrons. The molecule has 0 saturated carbocycles. The van der Waals surface area contributed by atoms with E-state index in [1.54, 1.807) is 6.07 Å². The van der Waals surface area contributed by atoms with E-state index in [9.17, 15) is 14.7 Å². The van der Waals surface area contributed by atoms with Crippen LogP contribution >= 0.6 is 0 Å². The van der Waals surface area contributed by atoms with Gasteiger partial charge in [0.2, 0.25) is 11.6 Å². The molecule has 0 aliphatic rings. The lowest BCUT2D eigenvalue weighted by atomic mass is 10.0. The first kappa shape index (κ1) is 32.9. The summed E-state index contributed by atoms with van der Waals surface area (Å²) in [5.41, 5.74) is 0.227. The Bertz CT molecular complexity index is 1030. The second-order valence-electron chi connectivity index (χ2n) is 8.04. The topological polar surface area (TPSA) is 148 Å². The molecule has 0 heterocycles. The zero-order valence-electron chi connectivity index (χ0n) is 22.9. The van der Waals surface area contributed by atoms with Crippen LogP contribution in [0.25, 0.3) is 0 Å². The minimum absolute atomic E-state index is 0.00295. The van der Waals surface area contributed by atoms with Gasteiger partial charge < -0.3 is 48.1 Å². The van der Waals surface area contributed by atoms with Crippen LogP contribution in [-0.2, 0) is 23.7 Å². The van der Waals surface area contributed by atoms with E-state index in [0.29, 0.717) is 77.6 Å². The molecule has 2 aromatic carbocycles. The Balaban J connectivity index is 1.60. The van der Waals surface area contributed by atoms with Crippen molar-refractivity contribution in [3.05, 3.63) is 47.5 Å². The molecule has 0 unspecified atom stereocenters. The first-order chi connectivity index (χ1) is 19.5. The molecule has 0 aliphatic carbocycles. The van der Waals surface area contributed by atoms with Crippen LogP contribution in [0.4, 0.5) is 0 Å². The molecule has 2 N–H and O–H groups in total. The number of methoxy groups -OCH3 is 2. The number of aromatic hydroxyl groups is 1. The van der Waals surface area contributed by atoms with E-state index in [0.717, 1.165) is 0 Å². The number of aliphatic hydroxyl groups excluding tert-OH is 1. The molecule has 2 aromatic rings. The molecule has 0 aliphatic heterocycles. The molecular formula is C28H38O12. The largest absolute Gasteiger partial charge is 0.504 e. The molecule has 0 saturated heterocycles. The van der Waals surface area contributed by atoms with Crippen LogP contribution in [-0.4, -0.2) is 115 Å². The maximum absolute atomic E-state index is 12.7. The van der Waals surface area contributed by atoms with Crippen molar-refractivity contribution in [1.29, 1.82) is 0 Å². The third-order valence-corrected chi connectivity index (χ3v) is 5.28. The number of Topliss-reactive ketones (excluding diaryl/α,β-unsaturated/α-hetero) is 2. The Labute approximate surface area is 233 Å². The second-order valence-corrected chi connectivity index (χ2v) is 8.04. The number of phenolic OH excluding ortho intramolecular Hbond substituents is 1. The number of benzene rings is 2. The van der Waals surface area contributed by atoms with Gasteiger partial charge in [-0.2, -0.15) is 0 Å². The van der Waals surface area contributed by atoms with Gasteiger partial charge in [0.1, 0.15) is 6.61 Å². The number of ketones is 2. The fourth-order valence-electron chi connectivity index (χ4n) is 3.27. The summed E-state index contributed by atoms with van der Waals surface area (Å²) in [6, 6.07) is 8.41. The zero-order valence-corrected chi connectivity index (χ0v) is 22.9. The highest BCUT2D eigenvalue weighted by atomic mass is 16.6. The van der Waals surface area contributed by atoms with Gasteiger partial charge in [0.25, 0.3) is 0 Å². The second kappa shape index (κ2) is 19.7. The first-order valence-corrected chi connectivity index (χ1v) is 12.8. The standard InChI is InChI=1S/C28H38O12/c1-33-25-19-21(3-5-23(25)30)27(31)28(32)22-4-6-24(26(20-22)34-2)40-18-17-39-16-15-38-14-13-37-12-11-36-10-9-35-8-7-29/h3-6,19-20,29-30H,7-18H2,1-2H3. The number of ether oxygens (including phenoxy) is 8. The van der Waals surface area contributed by atoms with Gasteiger partial charge in [-0.05, 0) is 36.4 Å². The lowest BCUT2D eigenvalue weighted by Crippen LogP contribution is -2.15. The Hall–Kier alpha value is -3.26. The fraction of sp³-hybridized carbons (Fsp3) is 0.500. The summed E-state index contributed by atoms with van der Waals surface area (Å²) < 4.78 is 42.7. The van der Waals surface area contributed by atoms with Gasteiger partial charge in [-0.3, -0.25) is 9.59 Å². The van der Waals surface area contributed by atoms with Crippen LogP contribution in [0.1, 0.15) is 20.7 Å². The highest BCUT2D eigenvalue weighted by molar-refractivity contribution is 6.49. The number of phenols is 1. The number of carbonyl (C=O) groups is 2. The third-order valence-electron chi connectivity index (χ3n) is 5.28. The molecule has 0 atom stereocenters. The van der Waals surface area contributed by atoms with Crippen molar-refractivity contribution in [3.63, 3.8) is 0 Å². The van der Waals surface area contributed by atoms with E-state index in [4.69, 9.17) is 43.0 Å². The molecule has 40 heavy (non-hydrogen) atoms. The van der Waals surface area contributed by atoms with Crippen LogP contribution in [0.15, 0.2) is 36.4 Å². The number of carbonyl (C=O) groups excluding carboxylic acids is 2. The molecule has 0 radical (unpaired) electrons. The zero-order chi connectivity index (χ0) is 29.0. The van der Waals surface area contributed by atoms with Gasteiger partial charge in [0, 0.05) is 11.1 Å². The summed E-state index contributed by atoms with van der Waals surface area (Å²) in [6.07, 6.45) is 0. The first-order valence-electron chi connectivity index (χ1n) is 12.8. The molecule has 12 heteroatoms. The Morgan fingerprint density at radius 1 is 0.575 bits per heavy atom. The maximum atomic E-state index is 12.7. The summed E-state index contributed by atoms with van der Waals surface area (Å²) in [6.45, 7) is 4.35. The Morgan fingerprint density at radius 3 is 1.48 bits per heavy atom. The quantitative estimate of drug-likeness (QED) is 0.115. The predicted octanol–water partition coefficient (Wildman–Crippen LogP) is 1.93. The highest BCUT2D eigenvalue weighted by Crippen LogP contribution is 2.30. The summed E-state index contributed by atoms with van der Waals surface area (Å²) in [5.74, 6) is -0.824. The smallest absolute Gasteiger partial charge is 0.233 e. The molecule has 0 bridgehead atoms. The fourth-order valence-corrected chi connectivity index (χ4v) is 3.27. The molecular weight excluding hydrogens is 528 g/mol. The van der Waals surface area contributed by atoms with Gasteiger partial charge in [0.15, 0.2) is 23.0 Å². The minimum atomic E-state index is -0.748. The van der Waals surface area contributed by atoms with Crippen molar-refractivity contribution in [2.45, 2.75) is 0 Å². The molecule has 0 spiro atoms. The average Bonchev–Trinajstić information content (AvgIpc) is 2.98. The van der Waals surface area contributed by atoms with Crippen molar-refractivity contribution in [2.24, 2.45) is 0 Å². The van der Waals surface area contributed by atoms with Gasteiger partial charge in [-0.1, -0.05) is 0 Å². The lowest BCUT2D eigenvalue weighted by Gasteiger charge is -2.12. The van der Waals surface area contributed by atoms with Crippen molar-refractivity contribution < 1.29 is 57.7 Å². The number of hydrogen-bond acceptors (Lipinski definition) is 12. The SMILES string of the molecule is COc1cc(C(=O)C(=O)c2ccc(OCCOCCOCCOCCOCCOCCO)c(OC)c2)ccc1O. The van der Waals surface area contributed by atoms with Crippen molar-refractivity contribution in [2.75, 3.05) is 93.5 Å². The van der Waals surface area contributed by atoms with E-state index in [1.165, 1.54) is 44.6 Å². The molecule has 2 rings (SSSR count). The van der Waals surface area contributed by atoms with Gasteiger partial charge >= 0.3 is 0 Å². The highest BCUT2D eigenvalue weighted by Gasteiger charge is 2.21. The predicted molar refractivity (Wildman–Crippen MR) is 143 cm³/mol. The molecule has 12 nitrogen and oxygen atoms in total. The van der Waals surface area contributed by atoms with Crippen LogP contribution < -0.4 is 14.2 Å². The number of rotatable bonds is 23. The van der Waals surface area contributed by atoms with Crippen LogP contribution in [0.3, 0.4) is 0 Å². The normalized spacial score (nSPS) is 10.9. The molecule has 0 aromatic heterocycles. The van der Waals surface area contributed by atoms with Crippen LogP contribution in [0.5, 0.6) is 23.0 Å². The molecule has 0 fully saturated rings. The minimum Gasteiger partial charge on any atom is -0.504 e. The van der Waals surface area contributed by atoms with Crippen molar-refractivity contribution in [1.82, 2.24) is 0 Å². The van der Waals surface area contributed by atoms with Crippen molar-refractivity contribution >= 4 is 11.6 Å². The van der Waals surface area contributed by atoms with Crippen LogP contribution in [0, 0.1) is 0 Å². The van der Waals surface area contributed by atoms with E-state index in [-0.39, 0.29) is 35.8 Å². The van der Waals surface area contributed by atoms with E-state index < -0.39 is 11.6 Å². The number of hydrogen-bond donors (Lipinski definition) is 2. The lowest BCUT2D eigenvalue weighted by molar-refractivity contribution is -0.0147. The number of aliphatic hydroxyl groups is 1. The average molecular weight is 567 g/mol. The molecule has 0 amide bonds. The Morgan fingerprint density at radius 2 is 1.00 bits per heavy atom. The van der Waals surface area contributed by atoms with Crippen molar-refractivity contribution in [3.8, 4) is 23.0 Å². The summed E-state index contributed by atoms with van der Waals surface area (Å²) >= 11 is 0.